The number of allylic oxidation sites excluding steroid dienone is 2. The van der Waals surface area contributed by atoms with E-state index in [-0.39, 0.29) is 0 Å². The van der Waals surface area contributed by atoms with Gasteiger partial charge >= 0.3 is 0 Å². The highest BCUT2D eigenvalue weighted by molar-refractivity contribution is 5.61. The quantitative estimate of drug-likeness (QED) is 0.701. The molecule has 1 aromatic heterocycles. The van der Waals surface area contributed by atoms with Gasteiger partial charge in [-0.05, 0) is 13.0 Å². The van der Waals surface area contributed by atoms with Crippen LogP contribution in [0.5, 0.6) is 0 Å². The number of dihydropyridines is 1. The first-order chi connectivity index (χ1) is 6.25. The second-order valence-electron chi connectivity index (χ2n) is 3.08. The minimum atomic E-state index is 0.587. The van der Waals surface area contributed by atoms with Gasteiger partial charge in [-0.1, -0.05) is 16.8 Å². The van der Waals surface area contributed by atoms with Gasteiger partial charge in [0, 0.05) is 13.5 Å². The summed E-state index contributed by atoms with van der Waals surface area (Å²) in [4.78, 5) is 4.12. The number of nitrogens with one attached hydrogen (secondary N) is 1. The Morgan fingerprint density at radius 1 is 1.38 bits per heavy atom. The summed E-state index contributed by atoms with van der Waals surface area (Å²) < 4.78 is 4.88. The molecule has 13 heavy (non-hydrogen) atoms. The topological polar surface area (TPSA) is 51.0 Å². The molecule has 4 nitrogen and oxygen atoms in total. The van der Waals surface area contributed by atoms with Gasteiger partial charge in [-0.25, -0.2) is 0 Å². The van der Waals surface area contributed by atoms with Crippen molar-refractivity contribution in [3.05, 3.63) is 29.4 Å². The molecule has 1 aliphatic heterocycles. The number of rotatable bonds is 1. The molecule has 0 aromatic carbocycles. The van der Waals surface area contributed by atoms with Crippen molar-refractivity contribution in [2.75, 3.05) is 6.54 Å². The Labute approximate surface area is 76.3 Å². The van der Waals surface area contributed by atoms with Crippen molar-refractivity contribution in [3.8, 4) is 0 Å². The Hall–Kier alpha value is -1.58. The summed E-state index contributed by atoms with van der Waals surface area (Å²) in [6.45, 7) is 4.70. The highest BCUT2D eigenvalue weighted by Gasteiger charge is 2.10. The van der Waals surface area contributed by atoms with Gasteiger partial charge < -0.3 is 9.84 Å². The molecule has 2 heterocycles. The Balaban J connectivity index is 2.28. The molecule has 0 aliphatic carbocycles. The lowest BCUT2D eigenvalue weighted by Crippen LogP contribution is -2.18. The van der Waals surface area contributed by atoms with Crippen molar-refractivity contribution in [2.45, 2.75) is 13.8 Å². The molecule has 0 spiro atoms. The predicted molar refractivity (Wildman–Crippen MR) is 48.8 cm³/mol. The maximum atomic E-state index is 4.88. The van der Waals surface area contributed by atoms with Crippen molar-refractivity contribution in [1.29, 1.82) is 0 Å². The highest BCUT2D eigenvalue weighted by Crippen LogP contribution is 2.11. The molecular formula is C9H11N3O. The van der Waals surface area contributed by atoms with Crippen LogP contribution in [0.4, 0.5) is 0 Å². The van der Waals surface area contributed by atoms with Crippen LogP contribution in [-0.2, 0) is 0 Å². The van der Waals surface area contributed by atoms with Crippen LogP contribution in [0.2, 0.25) is 0 Å². The average molecular weight is 177 g/mol. The third kappa shape index (κ3) is 1.61. The second-order valence-corrected chi connectivity index (χ2v) is 3.08. The van der Waals surface area contributed by atoms with Crippen LogP contribution in [-0.4, -0.2) is 16.7 Å². The van der Waals surface area contributed by atoms with E-state index in [1.54, 1.807) is 6.92 Å². The molecule has 0 saturated carbocycles. The van der Waals surface area contributed by atoms with E-state index in [1.165, 1.54) is 5.57 Å². The second kappa shape index (κ2) is 3.05. The fourth-order valence-electron chi connectivity index (χ4n) is 1.14. The predicted octanol–water partition coefficient (Wildman–Crippen LogP) is 1.27. The summed E-state index contributed by atoms with van der Waals surface area (Å²) >= 11 is 0. The molecule has 2 rings (SSSR count). The molecule has 1 aliphatic rings. The number of nitrogens with zero attached hydrogens (tertiary/aromatic N) is 2. The molecule has 0 unspecified atom stereocenters. The first-order valence-electron chi connectivity index (χ1n) is 4.18. The summed E-state index contributed by atoms with van der Waals surface area (Å²) in [6.07, 6.45) is 4.01. The standard InChI is InChI=1S/C9H11N3O/c1-6-3-4-8(10-5-6)9-11-7(2)13-12-9/h3-4,10H,5H2,1-2H3. The molecule has 0 amide bonds. The maximum Gasteiger partial charge on any atom is 0.223 e. The zero-order chi connectivity index (χ0) is 9.26. The first kappa shape index (κ1) is 8.04. The molecule has 0 fully saturated rings. The average Bonchev–Trinajstić information content (AvgIpc) is 2.53. The third-order valence-corrected chi connectivity index (χ3v) is 1.86. The number of hydrogen-bond acceptors (Lipinski definition) is 4. The van der Waals surface area contributed by atoms with E-state index in [4.69, 9.17) is 4.52 Å². The smallest absolute Gasteiger partial charge is 0.223 e. The minimum Gasteiger partial charge on any atom is -0.378 e. The summed E-state index contributed by atoms with van der Waals surface area (Å²) in [6, 6.07) is 0. The summed E-state index contributed by atoms with van der Waals surface area (Å²) in [5, 5.41) is 7.02. The van der Waals surface area contributed by atoms with Gasteiger partial charge in [0.25, 0.3) is 0 Å². The first-order valence-corrected chi connectivity index (χ1v) is 4.18. The zero-order valence-electron chi connectivity index (χ0n) is 7.66. The van der Waals surface area contributed by atoms with Gasteiger partial charge in [-0.2, -0.15) is 4.98 Å². The van der Waals surface area contributed by atoms with Crippen LogP contribution in [0, 0.1) is 6.92 Å². The van der Waals surface area contributed by atoms with E-state index in [0.717, 1.165) is 12.2 Å². The van der Waals surface area contributed by atoms with Gasteiger partial charge in [-0.15, -0.1) is 0 Å². The zero-order valence-corrected chi connectivity index (χ0v) is 7.66. The van der Waals surface area contributed by atoms with Crippen molar-refractivity contribution < 1.29 is 4.52 Å². The fraction of sp³-hybridized carbons (Fsp3) is 0.333. The van der Waals surface area contributed by atoms with Crippen LogP contribution in [0.1, 0.15) is 18.6 Å². The lowest BCUT2D eigenvalue weighted by atomic mass is 10.2. The molecule has 1 N–H and O–H groups in total. The fourth-order valence-corrected chi connectivity index (χ4v) is 1.14. The third-order valence-electron chi connectivity index (χ3n) is 1.86. The van der Waals surface area contributed by atoms with E-state index in [9.17, 15) is 0 Å². The molecule has 0 bridgehead atoms. The Morgan fingerprint density at radius 2 is 2.23 bits per heavy atom. The van der Waals surface area contributed by atoms with E-state index in [2.05, 4.69) is 28.5 Å². The van der Waals surface area contributed by atoms with Crippen molar-refractivity contribution in [1.82, 2.24) is 15.5 Å². The molecule has 0 atom stereocenters. The molecule has 68 valence electrons. The van der Waals surface area contributed by atoms with E-state index >= 15 is 0 Å². The van der Waals surface area contributed by atoms with Gasteiger partial charge in [-0.3, -0.25) is 0 Å². The SMILES string of the molecule is CC1=CC=C(c2noc(C)n2)NC1. The molecule has 1 aromatic rings. The lowest BCUT2D eigenvalue weighted by molar-refractivity contribution is 0.391. The molecule has 0 radical (unpaired) electrons. The Morgan fingerprint density at radius 3 is 2.77 bits per heavy atom. The number of hydrogen-bond donors (Lipinski definition) is 1. The van der Waals surface area contributed by atoms with Gasteiger partial charge in [0.2, 0.25) is 11.7 Å². The van der Waals surface area contributed by atoms with Crippen molar-refractivity contribution in [3.63, 3.8) is 0 Å². The summed E-state index contributed by atoms with van der Waals surface area (Å²) in [7, 11) is 0. The summed E-state index contributed by atoms with van der Waals surface area (Å²) in [5.74, 6) is 1.21. The van der Waals surface area contributed by atoms with E-state index < -0.39 is 0 Å². The summed E-state index contributed by atoms with van der Waals surface area (Å²) in [5.41, 5.74) is 2.21. The highest BCUT2D eigenvalue weighted by atomic mass is 16.5. The normalized spacial score (nSPS) is 16.2. The van der Waals surface area contributed by atoms with Crippen LogP contribution in [0.25, 0.3) is 5.70 Å². The van der Waals surface area contributed by atoms with Gasteiger partial charge in [0.1, 0.15) is 0 Å². The van der Waals surface area contributed by atoms with Crippen LogP contribution in [0.15, 0.2) is 22.2 Å². The molecule has 4 heteroatoms. The monoisotopic (exact) mass is 177 g/mol. The number of aryl methyl sites for hydroxylation is 1. The van der Waals surface area contributed by atoms with Gasteiger partial charge in [0.05, 0.1) is 5.70 Å². The Bertz CT molecular complexity index is 376. The van der Waals surface area contributed by atoms with E-state index in [1.807, 2.05) is 6.08 Å². The minimum absolute atomic E-state index is 0.587. The van der Waals surface area contributed by atoms with Crippen molar-refractivity contribution in [2.24, 2.45) is 0 Å². The van der Waals surface area contributed by atoms with Crippen molar-refractivity contribution >= 4 is 5.70 Å². The van der Waals surface area contributed by atoms with Crippen LogP contribution >= 0.6 is 0 Å². The van der Waals surface area contributed by atoms with Gasteiger partial charge in [0.15, 0.2) is 0 Å². The largest absolute Gasteiger partial charge is 0.378 e. The molecule has 0 saturated heterocycles. The molecular weight excluding hydrogens is 166 g/mol. The maximum absolute atomic E-state index is 4.88. The number of aromatic nitrogens is 2. The van der Waals surface area contributed by atoms with E-state index in [0.29, 0.717) is 11.7 Å². The lowest BCUT2D eigenvalue weighted by Gasteiger charge is -2.11. The van der Waals surface area contributed by atoms with Crippen LogP contribution < -0.4 is 5.32 Å². The Kier molecular flexibility index (Phi) is 1.88. The van der Waals surface area contributed by atoms with Crippen LogP contribution in [0.3, 0.4) is 0 Å².